The van der Waals surface area contributed by atoms with Crippen molar-refractivity contribution in [2.45, 2.75) is 13.0 Å². The highest BCUT2D eigenvalue weighted by Crippen LogP contribution is 2.27. The fraction of sp³-hybridized carbons (Fsp3) is 0.120. The summed E-state index contributed by atoms with van der Waals surface area (Å²) in [4.78, 5) is 29.9. The number of para-hydroxylation sites is 1. The number of benzene rings is 2. The van der Waals surface area contributed by atoms with Crippen molar-refractivity contribution in [2.24, 2.45) is 5.73 Å². The molecule has 0 aliphatic carbocycles. The van der Waals surface area contributed by atoms with Gasteiger partial charge in [-0.05, 0) is 43.3 Å². The van der Waals surface area contributed by atoms with Crippen LogP contribution in [0.4, 0.5) is 10.2 Å². The largest absolute Gasteiger partial charge is 0.347 e. The Morgan fingerprint density at radius 3 is 2.57 bits per heavy atom. The zero-order valence-electron chi connectivity index (χ0n) is 18.7. The number of pyridine rings is 1. The van der Waals surface area contributed by atoms with Crippen molar-refractivity contribution in [1.29, 1.82) is 0 Å². The Morgan fingerprint density at radius 1 is 1.09 bits per heavy atom. The van der Waals surface area contributed by atoms with Crippen molar-refractivity contribution in [3.8, 4) is 16.9 Å². The van der Waals surface area contributed by atoms with E-state index in [1.165, 1.54) is 41.2 Å². The van der Waals surface area contributed by atoms with Gasteiger partial charge in [0.2, 0.25) is 0 Å². The van der Waals surface area contributed by atoms with E-state index in [-0.39, 0.29) is 40.4 Å². The number of amides is 2. The molecule has 1 unspecified atom stereocenters. The SMILES string of the molecule is CC(CN)NC(=O)c1cc(NC(=O)c2cc(-c3ncccc3F)ccc2Cl)n(-c2ccccc2)n1. The molecular weight excluding hydrogens is 471 g/mol. The first-order valence-electron chi connectivity index (χ1n) is 10.8. The minimum atomic E-state index is -0.562. The summed E-state index contributed by atoms with van der Waals surface area (Å²) >= 11 is 6.30. The molecule has 0 fully saturated rings. The van der Waals surface area contributed by atoms with E-state index in [0.717, 1.165) is 0 Å². The van der Waals surface area contributed by atoms with Crippen molar-refractivity contribution in [3.63, 3.8) is 0 Å². The molecule has 1 atom stereocenters. The van der Waals surface area contributed by atoms with E-state index in [1.807, 2.05) is 6.07 Å². The first kappa shape index (κ1) is 24.1. The molecule has 0 radical (unpaired) electrons. The van der Waals surface area contributed by atoms with Crippen LogP contribution in [0.25, 0.3) is 16.9 Å². The average Bonchev–Trinajstić information content (AvgIpc) is 3.29. The topological polar surface area (TPSA) is 115 Å². The number of nitrogens with zero attached hydrogens (tertiary/aromatic N) is 3. The van der Waals surface area contributed by atoms with Gasteiger partial charge in [-0.25, -0.2) is 9.07 Å². The third kappa shape index (κ3) is 5.37. The molecule has 2 aromatic heterocycles. The van der Waals surface area contributed by atoms with Crippen LogP contribution in [0.5, 0.6) is 0 Å². The van der Waals surface area contributed by atoms with Crippen molar-refractivity contribution >= 4 is 29.2 Å². The lowest BCUT2D eigenvalue weighted by Gasteiger charge is -2.11. The van der Waals surface area contributed by atoms with Gasteiger partial charge in [0.1, 0.15) is 17.3 Å². The number of nitrogens with one attached hydrogen (secondary N) is 2. The summed E-state index contributed by atoms with van der Waals surface area (Å²) in [5.41, 5.74) is 6.92. The van der Waals surface area contributed by atoms with Crippen LogP contribution >= 0.6 is 11.6 Å². The van der Waals surface area contributed by atoms with Crippen LogP contribution in [0.2, 0.25) is 5.02 Å². The number of hydrogen-bond donors (Lipinski definition) is 3. The molecule has 2 aromatic carbocycles. The number of anilines is 1. The molecule has 2 amide bonds. The number of carbonyl (C=O) groups is 2. The van der Waals surface area contributed by atoms with Gasteiger partial charge in [0.05, 0.1) is 16.3 Å². The molecule has 0 aliphatic rings. The maximum absolute atomic E-state index is 14.2. The van der Waals surface area contributed by atoms with Gasteiger partial charge in [-0.1, -0.05) is 35.9 Å². The predicted octanol–water partition coefficient (Wildman–Crippen LogP) is 4.06. The Morgan fingerprint density at radius 2 is 1.86 bits per heavy atom. The van der Waals surface area contributed by atoms with E-state index in [4.69, 9.17) is 17.3 Å². The molecule has 0 spiro atoms. The quantitative estimate of drug-likeness (QED) is 0.360. The molecule has 35 heavy (non-hydrogen) atoms. The Kier molecular flexibility index (Phi) is 7.19. The van der Waals surface area contributed by atoms with E-state index in [1.54, 1.807) is 37.3 Å². The normalized spacial score (nSPS) is 11.7. The molecule has 8 nitrogen and oxygen atoms in total. The van der Waals surface area contributed by atoms with E-state index in [0.29, 0.717) is 11.3 Å². The Bertz CT molecular complexity index is 1380. The molecule has 0 aliphatic heterocycles. The second-order valence-electron chi connectivity index (χ2n) is 7.75. The van der Waals surface area contributed by atoms with Crippen molar-refractivity contribution in [2.75, 3.05) is 11.9 Å². The van der Waals surface area contributed by atoms with E-state index in [2.05, 4.69) is 20.7 Å². The number of aromatic nitrogens is 3. The van der Waals surface area contributed by atoms with E-state index < -0.39 is 17.6 Å². The van der Waals surface area contributed by atoms with Gasteiger partial charge in [0.25, 0.3) is 11.8 Å². The van der Waals surface area contributed by atoms with Gasteiger partial charge in [0.15, 0.2) is 5.69 Å². The summed E-state index contributed by atoms with van der Waals surface area (Å²) < 4.78 is 15.7. The summed E-state index contributed by atoms with van der Waals surface area (Å²) in [5.74, 6) is -1.27. The summed E-state index contributed by atoms with van der Waals surface area (Å²) in [6.07, 6.45) is 1.46. The summed E-state index contributed by atoms with van der Waals surface area (Å²) in [5, 5.41) is 10.0. The minimum absolute atomic E-state index is 0.0971. The molecule has 178 valence electrons. The van der Waals surface area contributed by atoms with E-state index in [9.17, 15) is 14.0 Å². The zero-order chi connectivity index (χ0) is 24.9. The maximum atomic E-state index is 14.2. The van der Waals surface area contributed by atoms with Crippen LogP contribution in [0, 0.1) is 5.82 Å². The zero-order valence-corrected chi connectivity index (χ0v) is 19.5. The molecule has 0 saturated heterocycles. The molecule has 4 N–H and O–H groups in total. The lowest BCUT2D eigenvalue weighted by atomic mass is 10.1. The molecule has 4 aromatic rings. The summed E-state index contributed by atoms with van der Waals surface area (Å²) in [6.45, 7) is 2.04. The maximum Gasteiger partial charge on any atom is 0.272 e. The van der Waals surface area contributed by atoms with Crippen LogP contribution in [-0.4, -0.2) is 39.2 Å². The smallest absolute Gasteiger partial charge is 0.272 e. The van der Waals surface area contributed by atoms with Gasteiger partial charge in [-0.15, -0.1) is 0 Å². The monoisotopic (exact) mass is 492 g/mol. The number of carbonyl (C=O) groups excluding carboxylic acids is 2. The molecular formula is C25H22ClFN6O2. The van der Waals surface area contributed by atoms with Crippen molar-refractivity contribution in [3.05, 3.63) is 95.0 Å². The lowest BCUT2D eigenvalue weighted by Crippen LogP contribution is -2.38. The Hall–Kier alpha value is -4.08. The third-order valence-corrected chi connectivity index (χ3v) is 5.49. The summed E-state index contributed by atoms with van der Waals surface area (Å²) in [7, 11) is 0. The highest BCUT2D eigenvalue weighted by molar-refractivity contribution is 6.34. The van der Waals surface area contributed by atoms with E-state index >= 15 is 0 Å². The predicted molar refractivity (Wildman–Crippen MR) is 132 cm³/mol. The summed E-state index contributed by atoms with van der Waals surface area (Å²) in [6, 6.07) is 17.5. The van der Waals surface area contributed by atoms with Gasteiger partial charge in [-0.2, -0.15) is 5.10 Å². The first-order valence-corrected chi connectivity index (χ1v) is 11.1. The standard InChI is InChI=1S/C25H22ClFN6O2/c1-15(14-28)30-25(35)21-13-22(33(32-21)17-6-3-2-4-7-17)31-24(34)18-12-16(9-10-19(18)26)23-20(27)8-5-11-29-23/h2-13,15H,14,28H2,1H3,(H,30,35)(H,31,34). The minimum Gasteiger partial charge on any atom is -0.347 e. The average molecular weight is 493 g/mol. The molecule has 2 heterocycles. The fourth-order valence-electron chi connectivity index (χ4n) is 3.33. The number of nitrogens with two attached hydrogens (primary N) is 1. The number of rotatable bonds is 7. The molecule has 0 bridgehead atoms. The number of halogens is 2. The molecule has 10 heteroatoms. The van der Waals surface area contributed by atoms with Gasteiger partial charge >= 0.3 is 0 Å². The van der Waals surface area contributed by atoms with Crippen molar-refractivity contribution in [1.82, 2.24) is 20.1 Å². The van der Waals surface area contributed by atoms with Gasteiger partial charge < -0.3 is 16.4 Å². The van der Waals surface area contributed by atoms with Crippen LogP contribution in [-0.2, 0) is 0 Å². The third-order valence-electron chi connectivity index (χ3n) is 5.16. The fourth-order valence-corrected chi connectivity index (χ4v) is 3.54. The van der Waals surface area contributed by atoms with Gasteiger partial charge in [0, 0.05) is 30.4 Å². The van der Waals surface area contributed by atoms with Crippen molar-refractivity contribution < 1.29 is 14.0 Å². The van der Waals surface area contributed by atoms with Crippen LogP contribution < -0.4 is 16.4 Å². The Labute approximate surface area is 205 Å². The molecule has 4 rings (SSSR count). The van der Waals surface area contributed by atoms with Crippen LogP contribution in [0.15, 0.2) is 72.9 Å². The highest BCUT2D eigenvalue weighted by Gasteiger charge is 2.20. The second-order valence-corrected chi connectivity index (χ2v) is 8.16. The number of hydrogen-bond acceptors (Lipinski definition) is 5. The van der Waals surface area contributed by atoms with Crippen LogP contribution in [0.1, 0.15) is 27.8 Å². The second kappa shape index (κ2) is 10.5. The molecule has 0 saturated carbocycles. The Balaban J connectivity index is 1.69. The lowest BCUT2D eigenvalue weighted by molar-refractivity contribution is 0.0935. The van der Waals surface area contributed by atoms with Crippen LogP contribution in [0.3, 0.4) is 0 Å². The highest BCUT2D eigenvalue weighted by atomic mass is 35.5. The first-order chi connectivity index (χ1) is 16.9. The van der Waals surface area contributed by atoms with Gasteiger partial charge in [-0.3, -0.25) is 14.6 Å².